The van der Waals surface area contributed by atoms with Crippen LogP contribution in [-0.2, 0) is 5.41 Å². The van der Waals surface area contributed by atoms with E-state index in [1.165, 1.54) is 12.9 Å². The molecule has 1 atom stereocenters. The third-order valence-corrected chi connectivity index (χ3v) is 3.50. The number of rotatable bonds is 2. The van der Waals surface area contributed by atoms with Crippen molar-refractivity contribution in [3.8, 4) is 0 Å². The van der Waals surface area contributed by atoms with Gasteiger partial charge in [-0.05, 0) is 12.5 Å². The predicted molar refractivity (Wildman–Crippen MR) is 69.2 cm³/mol. The maximum Gasteiger partial charge on any atom is 0.191 e. The molecular formula is C14H16FN2. The van der Waals surface area contributed by atoms with Crippen molar-refractivity contribution >= 4 is 11.9 Å². The monoisotopic (exact) mass is 231 g/mol. The second-order valence-electron chi connectivity index (χ2n) is 4.81. The Balaban J connectivity index is 2.48. The molecule has 0 fully saturated rings. The maximum atomic E-state index is 15.1. The lowest BCUT2D eigenvalue weighted by Gasteiger charge is -2.39. The van der Waals surface area contributed by atoms with Gasteiger partial charge in [-0.15, -0.1) is 0 Å². The first-order valence-electron chi connectivity index (χ1n) is 5.64. The van der Waals surface area contributed by atoms with E-state index in [0.29, 0.717) is 5.71 Å². The van der Waals surface area contributed by atoms with Crippen molar-refractivity contribution in [3.63, 3.8) is 0 Å². The number of aliphatic imine (C=N–C) groups is 2. The van der Waals surface area contributed by atoms with Crippen LogP contribution in [0.2, 0.25) is 0 Å². The molecule has 0 spiro atoms. The van der Waals surface area contributed by atoms with Crippen LogP contribution < -0.4 is 0 Å². The van der Waals surface area contributed by atoms with Crippen molar-refractivity contribution in [1.29, 1.82) is 0 Å². The molecule has 0 aliphatic carbocycles. The molecular weight excluding hydrogens is 215 g/mol. The van der Waals surface area contributed by atoms with Crippen LogP contribution in [0.5, 0.6) is 0 Å². The van der Waals surface area contributed by atoms with E-state index >= 15 is 4.39 Å². The smallest absolute Gasteiger partial charge is 0.191 e. The van der Waals surface area contributed by atoms with Gasteiger partial charge in [0.2, 0.25) is 0 Å². The Morgan fingerprint density at radius 3 is 2.41 bits per heavy atom. The molecule has 0 saturated heterocycles. The lowest BCUT2D eigenvalue weighted by Crippen LogP contribution is -2.51. The largest absolute Gasteiger partial charge is 0.263 e. The molecule has 2 rings (SSSR count). The molecule has 0 amide bonds. The quantitative estimate of drug-likeness (QED) is 0.745. The van der Waals surface area contributed by atoms with Crippen molar-refractivity contribution in [2.24, 2.45) is 9.98 Å². The molecule has 89 valence electrons. The second-order valence-corrected chi connectivity index (χ2v) is 4.81. The molecule has 3 heteroatoms. The summed E-state index contributed by atoms with van der Waals surface area (Å²) in [4.78, 5) is 7.85. The first-order valence-corrected chi connectivity index (χ1v) is 5.64. The van der Waals surface area contributed by atoms with Gasteiger partial charge in [0.25, 0.3) is 0 Å². The van der Waals surface area contributed by atoms with Crippen LogP contribution in [0.1, 0.15) is 26.3 Å². The van der Waals surface area contributed by atoms with Crippen molar-refractivity contribution in [1.82, 2.24) is 0 Å². The highest BCUT2D eigenvalue weighted by atomic mass is 19.1. The molecule has 1 aromatic carbocycles. The molecule has 2 nitrogen and oxygen atoms in total. The number of halogens is 1. The van der Waals surface area contributed by atoms with Gasteiger partial charge in [-0.3, -0.25) is 9.98 Å². The van der Waals surface area contributed by atoms with Crippen molar-refractivity contribution in [2.45, 2.75) is 31.9 Å². The standard InChI is InChI=1S/C14H16FN2/c1-11-14(15,9-16-10-17-11)13(2,3)12-7-5-4-6-8-12/h4-10H,1-3H3. The SMILES string of the molecule is CC1=N[CH]N=CC1(F)C(C)(C)c1ccccc1. The van der Waals surface area contributed by atoms with Crippen LogP contribution in [0.3, 0.4) is 0 Å². The molecule has 1 heterocycles. The minimum absolute atomic E-state index is 0.446. The Hall–Kier alpha value is -1.51. The highest BCUT2D eigenvalue weighted by Crippen LogP contribution is 2.39. The summed E-state index contributed by atoms with van der Waals surface area (Å²) in [5.74, 6) is 0. The lowest BCUT2D eigenvalue weighted by molar-refractivity contribution is 0.228. The number of alkyl halides is 1. The topological polar surface area (TPSA) is 24.7 Å². The van der Waals surface area contributed by atoms with E-state index in [-0.39, 0.29) is 0 Å². The van der Waals surface area contributed by atoms with Crippen LogP contribution >= 0.6 is 0 Å². The van der Waals surface area contributed by atoms with E-state index in [1.54, 1.807) is 6.92 Å². The molecule has 17 heavy (non-hydrogen) atoms. The Labute approximate surface area is 101 Å². The molecule has 1 aliphatic rings. The third-order valence-electron chi connectivity index (χ3n) is 3.50. The summed E-state index contributed by atoms with van der Waals surface area (Å²) in [5, 5.41) is 0. The van der Waals surface area contributed by atoms with E-state index in [9.17, 15) is 0 Å². The van der Waals surface area contributed by atoms with E-state index < -0.39 is 11.1 Å². The van der Waals surface area contributed by atoms with Gasteiger partial charge in [-0.25, -0.2) is 4.39 Å². The van der Waals surface area contributed by atoms with E-state index in [1.807, 2.05) is 44.2 Å². The van der Waals surface area contributed by atoms with Crippen molar-refractivity contribution in [2.75, 3.05) is 0 Å². The van der Waals surface area contributed by atoms with Gasteiger partial charge in [0.15, 0.2) is 12.3 Å². The molecule has 0 saturated carbocycles. The van der Waals surface area contributed by atoms with Gasteiger partial charge in [-0.2, -0.15) is 0 Å². The van der Waals surface area contributed by atoms with Crippen molar-refractivity contribution < 1.29 is 4.39 Å². The number of benzene rings is 1. The summed E-state index contributed by atoms with van der Waals surface area (Å²) in [7, 11) is 0. The first kappa shape index (κ1) is 12.0. The Bertz CT molecular complexity index is 462. The number of nitrogens with zero attached hydrogens (tertiary/aromatic N) is 2. The van der Waals surface area contributed by atoms with Gasteiger partial charge in [0.05, 0.1) is 5.71 Å². The maximum absolute atomic E-state index is 15.1. The summed E-state index contributed by atoms with van der Waals surface area (Å²) >= 11 is 0. The van der Waals surface area contributed by atoms with Crippen LogP contribution in [0.15, 0.2) is 40.3 Å². The Kier molecular flexibility index (Phi) is 2.86. The molecule has 1 radical (unpaired) electrons. The van der Waals surface area contributed by atoms with Crippen LogP contribution in [0, 0.1) is 6.67 Å². The summed E-state index contributed by atoms with van der Waals surface area (Å²) in [6.07, 6.45) is 1.35. The summed E-state index contributed by atoms with van der Waals surface area (Å²) in [6, 6.07) is 9.62. The Morgan fingerprint density at radius 1 is 1.18 bits per heavy atom. The fraction of sp³-hybridized carbons (Fsp3) is 0.357. The highest BCUT2D eigenvalue weighted by Gasteiger charge is 2.48. The lowest BCUT2D eigenvalue weighted by atomic mass is 9.69. The second kappa shape index (κ2) is 4.06. The van der Waals surface area contributed by atoms with E-state index in [4.69, 9.17) is 0 Å². The number of hydrogen-bond donors (Lipinski definition) is 0. The zero-order valence-electron chi connectivity index (χ0n) is 10.3. The van der Waals surface area contributed by atoms with Crippen LogP contribution in [-0.4, -0.2) is 17.6 Å². The average Bonchev–Trinajstić information content (AvgIpc) is 2.34. The number of hydrogen-bond acceptors (Lipinski definition) is 2. The average molecular weight is 231 g/mol. The molecule has 0 N–H and O–H groups in total. The van der Waals surface area contributed by atoms with Gasteiger partial charge in [0.1, 0.15) is 0 Å². The molecule has 1 aliphatic heterocycles. The van der Waals surface area contributed by atoms with Crippen LogP contribution in [0.25, 0.3) is 0 Å². The predicted octanol–water partition coefficient (Wildman–Crippen LogP) is 3.34. The van der Waals surface area contributed by atoms with E-state index in [0.717, 1.165) is 5.56 Å². The summed E-state index contributed by atoms with van der Waals surface area (Å²) < 4.78 is 15.1. The van der Waals surface area contributed by atoms with Gasteiger partial charge >= 0.3 is 0 Å². The zero-order valence-corrected chi connectivity index (χ0v) is 10.3. The molecule has 1 aromatic rings. The van der Waals surface area contributed by atoms with Crippen LogP contribution in [0.4, 0.5) is 4.39 Å². The zero-order chi connectivity index (χ0) is 12.5. The van der Waals surface area contributed by atoms with Crippen molar-refractivity contribution in [3.05, 3.63) is 42.6 Å². The highest BCUT2D eigenvalue weighted by molar-refractivity contribution is 6.08. The minimum Gasteiger partial charge on any atom is -0.263 e. The minimum atomic E-state index is -1.64. The van der Waals surface area contributed by atoms with E-state index in [2.05, 4.69) is 9.98 Å². The molecule has 1 unspecified atom stereocenters. The third kappa shape index (κ3) is 1.79. The van der Waals surface area contributed by atoms with Gasteiger partial charge < -0.3 is 0 Å². The fourth-order valence-corrected chi connectivity index (χ4v) is 2.12. The summed E-state index contributed by atoms with van der Waals surface area (Å²) in [5.41, 5.74) is -0.949. The normalized spacial score (nSPS) is 24.6. The van der Waals surface area contributed by atoms with Gasteiger partial charge in [-0.1, -0.05) is 44.2 Å². The molecule has 0 aromatic heterocycles. The molecule has 0 bridgehead atoms. The summed E-state index contributed by atoms with van der Waals surface area (Å²) in [6.45, 7) is 6.83. The Morgan fingerprint density at radius 2 is 1.82 bits per heavy atom. The fourth-order valence-electron chi connectivity index (χ4n) is 2.12. The van der Waals surface area contributed by atoms with Gasteiger partial charge in [0, 0.05) is 11.6 Å². The first-order chi connectivity index (χ1) is 7.98.